The van der Waals surface area contributed by atoms with Crippen molar-refractivity contribution >= 4 is 28.0 Å². The van der Waals surface area contributed by atoms with E-state index in [9.17, 15) is 15.4 Å². The number of nitrogens with zero attached hydrogens (tertiary/aromatic N) is 3. The summed E-state index contributed by atoms with van der Waals surface area (Å²) < 4.78 is 0. The number of aromatic nitrogens is 2. The van der Waals surface area contributed by atoms with Gasteiger partial charge in [-0.05, 0) is 18.2 Å². The topological polar surface area (TPSA) is 108 Å². The van der Waals surface area contributed by atoms with Crippen LogP contribution in [0.3, 0.4) is 0 Å². The van der Waals surface area contributed by atoms with Crippen molar-refractivity contribution in [1.82, 2.24) is 9.97 Å². The Hall–Kier alpha value is -3.66. The van der Waals surface area contributed by atoms with Gasteiger partial charge in [0.15, 0.2) is 5.82 Å². The molecule has 0 radical (unpaired) electrons. The molecule has 3 aromatic rings. The van der Waals surface area contributed by atoms with Crippen LogP contribution >= 0.6 is 0 Å². The van der Waals surface area contributed by atoms with E-state index in [0.717, 1.165) is 11.0 Å². The molecule has 112 valence electrons. The van der Waals surface area contributed by atoms with E-state index in [1.165, 1.54) is 18.3 Å². The number of allylic oxidation sites excluding steroid dienone is 1. The number of nitro benzene ring substituents is 1. The number of para-hydroxylation sites is 2. The summed E-state index contributed by atoms with van der Waals surface area (Å²) in [6.45, 7) is 0. The van der Waals surface area contributed by atoms with E-state index in [-0.39, 0.29) is 5.69 Å². The molecule has 0 saturated heterocycles. The molecule has 7 nitrogen and oxygen atoms in total. The number of H-pyrrole nitrogens is 1. The van der Waals surface area contributed by atoms with Crippen molar-refractivity contribution in [3.05, 3.63) is 70.7 Å². The molecule has 23 heavy (non-hydrogen) atoms. The molecule has 0 aliphatic carbocycles. The maximum atomic E-state index is 10.8. The van der Waals surface area contributed by atoms with Crippen LogP contribution in [0.2, 0.25) is 0 Å². The number of fused-ring (bicyclic) bond motifs is 1. The smallest absolute Gasteiger partial charge is 0.271 e. The Balaban J connectivity index is 1.89. The Morgan fingerprint density at radius 1 is 1.30 bits per heavy atom. The van der Waals surface area contributed by atoms with E-state index in [0.29, 0.717) is 17.1 Å². The Morgan fingerprint density at radius 2 is 2.13 bits per heavy atom. The van der Waals surface area contributed by atoms with Gasteiger partial charge in [0.05, 0.1) is 16.0 Å². The predicted molar refractivity (Wildman–Crippen MR) is 86.4 cm³/mol. The predicted octanol–water partition coefficient (Wildman–Crippen LogP) is 3.45. The summed E-state index contributed by atoms with van der Waals surface area (Å²) >= 11 is 0. The van der Waals surface area contributed by atoms with Crippen molar-refractivity contribution in [2.24, 2.45) is 0 Å². The van der Waals surface area contributed by atoms with Crippen molar-refractivity contribution in [2.45, 2.75) is 0 Å². The summed E-state index contributed by atoms with van der Waals surface area (Å²) in [5, 5.41) is 22.9. The summed E-state index contributed by atoms with van der Waals surface area (Å²) in [5.41, 5.74) is 2.39. The lowest BCUT2D eigenvalue weighted by Gasteiger charge is -2.01. The van der Waals surface area contributed by atoms with Gasteiger partial charge in [0.2, 0.25) is 0 Å². The zero-order chi connectivity index (χ0) is 16.2. The van der Waals surface area contributed by atoms with Gasteiger partial charge in [-0.15, -0.1) is 0 Å². The fraction of sp³-hybridized carbons (Fsp3) is 0. The summed E-state index contributed by atoms with van der Waals surface area (Å²) in [4.78, 5) is 17.7. The Morgan fingerprint density at radius 3 is 2.87 bits per heavy atom. The van der Waals surface area contributed by atoms with Crippen molar-refractivity contribution in [3.8, 4) is 6.07 Å². The first-order valence-electron chi connectivity index (χ1n) is 6.74. The lowest BCUT2D eigenvalue weighted by atomic mass is 10.2. The SMILES string of the molecule is N#C/C(=C\Nc1cccc([N+](=O)[O-])c1)c1nc2ccccc2[nH]1. The molecule has 0 aliphatic rings. The number of aromatic amines is 1. The molecule has 0 fully saturated rings. The Bertz CT molecular complexity index is 919. The van der Waals surface area contributed by atoms with E-state index in [2.05, 4.69) is 21.4 Å². The molecule has 0 unspecified atom stereocenters. The minimum Gasteiger partial charge on any atom is -0.360 e. The van der Waals surface area contributed by atoms with E-state index < -0.39 is 4.92 Å². The minimum absolute atomic E-state index is 0.0226. The van der Waals surface area contributed by atoms with Crippen molar-refractivity contribution in [1.29, 1.82) is 5.26 Å². The highest BCUT2D eigenvalue weighted by molar-refractivity contribution is 5.82. The third-order valence-electron chi connectivity index (χ3n) is 3.21. The van der Waals surface area contributed by atoms with Crippen LogP contribution in [0, 0.1) is 21.4 Å². The number of non-ortho nitro benzene ring substituents is 1. The zero-order valence-corrected chi connectivity index (χ0v) is 11.9. The molecule has 0 bridgehead atoms. The van der Waals surface area contributed by atoms with Crippen LogP contribution in [0.25, 0.3) is 16.6 Å². The number of benzene rings is 2. The van der Waals surface area contributed by atoms with Gasteiger partial charge in [0, 0.05) is 24.0 Å². The lowest BCUT2D eigenvalue weighted by Crippen LogP contribution is -1.94. The summed E-state index contributed by atoms with van der Waals surface area (Å²) in [6.07, 6.45) is 1.47. The molecule has 0 atom stereocenters. The van der Waals surface area contributed by atoms with Crippen LogP contribution < -0.4 is 5.32 Å². The van der Waals surface area contributed by atoms with Gasteiger partial charge in [-0.25, -0.2) is 4.98 Å². The molecular formula is C16H11N5O2. The van der Waals surface area contributed by atoms with Crippen molar-refractivity contribution in [3.63, 3.8) is 0 Å². The largest absolute Gasteiger partial charge is 0.360 e. The molecule has 3 rings (SSSR count). The number of nitrogens with one attached hydrogen (secondary N) is 2. The normalized spacial score (nSPS) is 11.2. The van der Waals surface area contributed by atoms with Crippen molar-refractivity contribution < 1.29 is 4.92 Å². The highest BCUT2D eigenvalue weighted by atomic mass is 16.6. The monoisotopic (exact) mass is 305 g/mol. The van der Waals surface area contributed by atoms with E-state index in [4.69, 9.17) is 0 Å². The number of hydrogen-bond donors (Lipinski definition) is 2. The molecule has 7 heteroatoms. The van der Waals surface area contributed by atoms with Crippen LogP contribution in [0.4, 0.5) is 11.4 Å². The first-order valence-corrected chi connectivity index (χ1v) is 6.74. The van der Waals surface area contributed by atoms with Crippen LogP contribution in [0.5, 0.6) is 0 Å². The quantitative estimate of drug-likeness (QED) is 0.436. The summed E-state index contributed by atoms with van der Waals surface area (Å²) in [6, 6.07) is 15.6. The second kappa shape index (κ2) is 5.99. The maximum absolute atomic E-state index is 10.8. The lowest BCUT2D eigenvalue weighted by molar-refractivity contribution is -0.384. The van der Waals surface area contributed by atoms with Crippen LogP contribution in [-0.2, 0) is 0 Å². The Kier molecular flexibility index (Phi) is 3.72. The van der Waals surface area contributed by atoms with E-state index in [1.54, 1.807) is 12.1 Å². The summed E-state index contributed by atoms with van der Waals surface area (Å²) in [5.74, 6) is 0.437. The number of nitriles is 1. The highest BCUT2D eigenvalue weighted by Crippen LogP contribution is 2.19. The van der Waals surface area contributed by atoms with Crippen LogP contribution in [-0.4, -0.2) is 14.9 Å². The van der Waals surface area contributed by atoms with E-state index >= 15 is 0 Å². The molecular weight excluding hydrogens is 294 g/mol. The average Bonchev–Trinajstić information content (AvgIpc) is 2.99. The average molecular weight is 305 g/mol. The molecule has 1 aromatic heterocycles. The third kappa shape index (κ3) is 3.01. The number of hydrogen-bond acceptors (Lipinski definition) is 5. The first kappa shape index (κ1) is 14.3. The zero-order valence-electron chi connectivity index (χ0n) is 11.9. The molecule has 2 N–H and O–H groups in total. The summed E-state index contributed by atoms with van der Waals surface area (Å²) in [7, 11) is 0. The minimum atomic E-state index is -0.473. The van der Waals surface area contributed by atoms with Gasteiger partial charge in [0.25, 0.3) is 5.69 Å². The third-order valence-corrected chi connectivity index (χ3v) is 3.21. The number of imidazole rings is 1. The van der Waals surface area contributed by atoms with E-state index in [1.807, 2.05) is 24.3 Å². The van der Waals surface area contributed by atoms with Gasteiger partial charge in [-0.2, -0.15) is 5.26 Å². The fourth-order valence-electron chi connectivity index (χ4n) is 2.10. The number of rotatable bonds is 4. The molecule has 1 heterocycles. The second-order valence-electron chi connectivity index (χ2n) is 4.72. The maximum Gasteiger partial charge on any atom is 0.271 e. The highest BCUT2D eigenvalue weighted by Gasteiger charge is 2.08. The molecule has 0 spiro atoms. The first-order chi connectivity index (χ1) is 11.2. The molecule has 0 amide bonds. The van der Waals surface area contributed by atoms with Gasteiger partial charge in [-0.1, -0.05) is 18.2 Å². The van der Waals surface area contributed by atoms with Gasteiger partial charge in [0.1, 0.15) is 11.6 Å². The molecule has 2 aromatic carbocycles. The standard InChI is InChI=1S/C16H11N5O2/c17-9-11(16-19-14-6-1-2-7-15(14)20-16)10-18-12-4-3-5-13(8-12)21(22)23/h1-8,10,18H,(H,19,20)/b11-10+. The van der Waals surface area contributed by atoms with Crippen LogP contribution in [0.15, 0.2) is 54.7 Å². The molecule has 0 saturated carbocycles. The van der Waals surface area contributed by atoms with Gasteiger partial charge >= 0.3 is 0 Å². The number of nitro groups is 1. The van der Waals surface area contributed by atoms with Gasteiger partial charge in [-0.3, -0.25) is 10.1 Å². The van der Waals surface area contributed by atoms with Crippen molar-refractivity contribution in [2.75, 3.05) is 5.32 Å². The van der Waals surface area contributed by atoms with Crippen LogP contribution in [0.1, 0.15) is 5.82 Å². The number of anilines is 1. The van der Waals surface area contributed by atoms with Gasteiger partial charge < -0.3 is 10.3 Å². The molecule has 0 aliphatic heterocycles. The Labute approximate surface area is 131 Å². The fourth-order valence-corrected chi connectivity index (χ4v) is 2.10. The second-order valence-corrected chi connectivity index (χ2v) is 4.72.